The second-order valence-electron chi connectivity index (χ2n) is 6.50. The molecule has 1 aromatic heterocycles. The van der Waals surface area contributed by atoms with Crippen LogP contribution in [0.3, 0.4) is 0 Å². The molecule has 1 heterocycles. The Balaban J connectivity index is 0.00000576. The van der Waals surface area contributed by atoms with Gasteiger partial charge in [-0.05, 0) is 51.4 Å². The molecule has 0 radical (unpaired) electrons. The van der Waals surface area contributed by atoms with Crippen molar-refractivity contribution < 1.29 is 0 Å². The molecule has 1 rings (SSSR count). The molecule has 0 aromatic carbocycles. The van der Waals surface area contributed by atoms with E-state index in [0.29, 0.717) is 12.0 Å². The van der Waals surface area contributed by atoms with Crippen molar-refractivity contribution in [3.05, 3.63) is 18.5 Å². The van der Waals surface area contributed by atoms with Crippen LogP contribution in [-0.2, 0) is 6.54 Å². The largest absolute Gasteiger partial charge is 0.356 e. The Bertz CT molecular complexity index is 444. The van der Waals surface area contributed by atoms with Crippen LogP contribution in [0.2, 0.25) is 0 Å². The zero-order valence-electron chi connectivity index (χ0n) is 16.5. The summed E-state index contributed by atoms with van der Waals surface area (Å²) < 4.78 is 1.97. The Morgan fingerprint density at radius 3 is 2.56 bits per heavy atom. The standard InChI is InChI=1S/C18H36N6.HI/c1-6-23(7-2)12-8-10-17(4)22-18(19-5)20-14-16(3)15-24-13-9-11-21-24;/h9,11,13,16-17H,6-8,10,12,14-15H2,1-5H3,(H2,19,20,22);1H. The van der Waals surface area contributed by atoms with Crippen LogP contribution in [0.1, 0.15) is 40.5 Å². The van der Waals surface area contributed by atoms with E-state index < -0.39 is 0 Å². The highest BCUT2D eigenvalue weighted by Crippen LogP contribution is 2.01. The fourth-order valence-electron chi connectivity index (χ4n) is 2.72. The van der Waals surface area contributed by atoms with Gasteiger partial charge in [0.1, 0.15) is 0 Å². The first kappa shape index (κ1) is 24.2. The lowest BCUT2D eigenvalue weighted by Gasteiger charge is -2.22. The van der Waals surface area contributed by atoms with Crippen LogP contribution in [0.25, 0.3) is 0 Å². The minimum atomic E-state index is 0. The van der Waals surface area contributed by atoms with Crippen molar-refractivity contribution in [3.8, 4) is 0 Å². The molecular formula is C18H37IN6. The zero-order chi connectivity index (χ0) is 17.8. The predicted molar refractivity (Wildman–Crippen MR) is 118 cm³/mol. The summed E-state index contributed by atoms with van der Waals surface area (Å²) in [6, 6.07) is 2.38. The van der Waals surface area contributed by atoms with E-state index in [1.54, 1.807) is 0 Å². The van der Waals surface area contributed by atoms with E-state index in [0.717, 1.165) is 38.6 Å². The summed E-state index contributed by atoms with van der Waals surface area (Å²) in [6.45, 7) is 14.1. The molecule has 1 aromatic rings. The molecule has 0 saturated heterocycles. The Hall–Kier alpha value is -0.830. The van der Waals surface area contributed by atoms with E-state index in [2.05, 4.69) is 53.3 Å². The van der Waals surface area contributed by atoms with Crippen molar-refractivity contribution in [2.24, 2.45) is 10.9 Å². The summed E-state index contributed by atoms with van der Waals surface area (Å²) in [5.74, 6) is 1.37. The third-order valence-electron chi connectivity index (χ3n) is 4.29. The first-order chi connectivity index (χ1) is 11.6. The Morgan fingerprint density at radius 1 is 1.28 bits per heavy atom. The van der Waals surface area contributed by atoms with E-state index in [9.17, 15) is 0 Å². The summed E-state index contributed by atoms with van der Waals surface area (Å²) >= 11 is 0. The fraction of sp³-hybridized carbons (Fsp3) is 0.778. The molecule has 146 valence electrons. The normalized spacial score (nSPS) is 14.1. The summed E-state index contributed by atoms with van der Waals surface area (Å²) in [6.07, 6.45) is 6.19. The van der Waals surface area contributed by atoms with Crippen molar-refractivity contribution in [2.45, 2.75) is 53.1 Å². The first-order valence-corrected chi connectivity index (χ1v) is 9.25. The average molecular weight is 464 g/mol. The quantitative estimate of drug-likeness (QED) is 0.301. The molecule has 0 aliphatic heterocycles. The van der Waals surface area contributed by atoms with Crippen LogP contribution >= 0.6 is 24.0 Å². The SMILES string of the molecule is CCN(CC)CCCC(C)NC(=NC)NCC(C)Cn1cccn1.I. The number of nitrogens with one attached hydrogen (secondary N) is 2. The van der Waals surface area contributed by atoms with Gasteiger partial charge in [0.2, 0.25) is 0 Å². The maximum atomic E-state index is 4.33. The second-order valence-corrected chi connectivity index (χ2v) is 6.50. The van der Waals surface area contributed by atoms with Crippen LogP contribution < -0.4 is 10.6 Å². The second kappa shape index (κ2) is 14.4. The van der Waals surface area contributed by atoms with E-state index in [1.165, 1.54) is 13.0 Å². The molecule has 25 heavy (non-hydrogen) atoms. The van der Waals surface area contributed by atoms with Gasteiger partial charge in [0.25, 0.3) is 0 Å². The predicted octanol–water partition coefficient (Wildman–Crippen LogP) is 2.81. The van der Waals surface area contributed by atoms with E-state index in [-0.39, 0.29) is 24.0 Å². The Kier molecular flexibility index (Phi) is 13.9. The Labute approximate surface area is 170 Å². The molecule has 0 aliphatic carbocycles. The molecule has 0 spiro atoms. The average Bonchev–Trinajstić information content (AvgIpc) is 3.08. The maximum absolute atomic E-state index is 4.33. The molecule has 0 aliphatic rings. The van der Waals surface area contributed by atoms with Crippen molar-refractivity contribution in [1.82, 2.24) is 25.3 Å². The number of halogens is 1. The minimum absolute atomic E-state index is 0. The van der Waals surface area contributed by atoms with Crippen molar-refractivity contribution in [1.29, 1.82) is 0 Å². The summed E-state index contributed by atoms with van der Waals surface area (Å²) in [4.78, 5) is 6.80. The van der Waals surface area contributed by atoms with Gasteiger partial charge in [-0.1, -0.05) is 20.8 Å². The molecule has 0 saturated carbocycles. The molecule has 0 amide bonds. The number of nitrogens with zero attached hydrogens (tertiary/aromatic N) is 4. The van der Waals surface area contributed by atoms with E-state index >= 15 is 0 Å². The van der Waals surface area contributed by atoms with Crippen LogP contribution in [0.5, 0.6) is 0 Å². The highest BCUT2D eigenvalue weighted by Gasteiger charge is 2.08. The zero-order valence-corrected chi connectivity index (χ0v) is 18.9. The van der Waals surface area contributed by atoms with Gasteiger partial charge in [-0.25, -0.2) is 0 Å². The summed E-state index contributed by atoms with van der Waals surface area (Å²) in [5, 5.41) is 11.2. The highest BCUT2D eigenvalue weighted by molar-refractivity contribution is 14.0. The van der Waals surface area contributed by atoms with Gasteiger partial charge in [0.05, 0.1) is 0 Å². The van der Waals surface area contributed by atoms with Crippen molar-refractivity contribution in [2.75, 3.05) is 33.2 Å². The van der Waals surface area contributed by atoms with Gasteiger partial charge in [-0.2, -0.15) is 5.10 Å². The van der Waals surface area contributed by atoms with Gasteiger partial charge >= 0.3 is 0 Å². The number of guanidine groups is 1. The Morgan fingerprint density at radius 2 is 2.00 bits per heavy atom. The molecule has 6 nitrogen and oxygen atoms in total. The highest BCUT2D eigenvalue weighted by atomic mass is 127. The molecular weight excluding hydrogens is 427 g/mol. The monoisotopic (exact) mass is 464 g/mol. The van der Waals surface area contributed by atoms with Crippen LogP contribution in [-0.4, -0.2) is 59.9 Å². The molecule has 2 atom stereocenters. The third kappa shape index (κ3) is 10.7. The number of rotatable bonds is 11. The number of hydrogen-bond donors (Lipinski definition) is 2. The smallest absolute Gasteiger partial charge is 0.191 e. The first-order valence-electron chi connectivity index (χ1n) is 9.25. The van der Waals surface area contributed by atoms with Crippen LogP contribution in [0, 0.1) is 5.92 Å². The number of aromatic nitrogens is 2. The van der Waals surface area contributed by atoms with Crippen molar-refractivity contribution in [3.63, 3.8) is 0 Å². The molecule has 2 unspecified atom stereocenters. The van der Waals surface area contributed by atoms with Gasteiger partial charge < -0.3 is 15.5 Å². The molecule has 0 bridgehead atoms. The van der Waals surface area contributed by atoms with E-state index in [4.69, 9.17) is 0 Å². The third-order valence-corrected chi connectivity index (χ3v) is 4.29. The number of hydrogen-bond acceptors (Lipinski definition) is 3. The minimum Gasteiger partial charge on any atom is -0.356 e. The summed E-state index contributed by atoms with van der Waals surface area (Å²) in [7, 11) is 1.83. The van der Waals surface area contributed by atoms with Gasteiger partial charge in [-0.3, -0.25) is 9.67 Å². The summed E-state index contributed by atoms with van der Waals surface area (Å²) in [5.41, 5.74) is 0. The van der Waals surface area contributed by atoms with Crippen LogP contribution in [0.4, 0.5) is 0 Å². The van der Waals surface area contributed by atoms with Gasteiger partial charge in [-0.15, -0.1) is 24.0 Å². The fourth-order valence-corrected chi connectivity index (χ4v) is 2.72. The maximum Gasteiger partial charge on any atom is 0.191 e. The van der Waals surface area contributed by atoms with E-state index in [1.807, 2.05) is 30.2 Å². The molecule has 7 heteroatoms. The topological polar surface area (TPSA) is 57.5 Å². The lowest BCUT2D eigenvalue weighted by molar-refractivity contribution is 0.292. The lowest BCUT2D eigenvalue weighted by Crippen LogP contribution is -2.44. The molecule has 0 fully saturated rings. The number of aliphatic imine (C=N–C) groups is 1. The van der Waals surface area contributed by atoms with Gasteiger partial charge in [0, 0.05) is 38.6 Å². The van der Waals surface area contributed by atoms with Gasteiger partial charge in [0.15, 0.2) is 5.96 Å². The lowest BCUT2D eigenvalue weighted by atomic mass is 10.1. The molecule has 2 N–H and O–H groups in total. The van der Waals surface area contributed by atoms with Crippen molar-refractivity contribution >= 4 is 29.9 Å². The van der Waals surface area contributed by atoms with Crippen LogP contribution in [0.15, 0.2) is 23.5 Å².